The van der Waals surface area contributed by atoms with Gasteiger partial charge in [-0.25, -0.2) is 0 Å². The number of Topliss-reactive ketones (excluding diaryl/α,β-unsaturated/α-hetero) is 1. The number of ether oxygens (including phenoxy) is 1. The molecule has 1 N–H and O–H groups in total. The van der Waals surface area contributed by atoms with Crippen molar-refractivity contribution in [2.24, 2.45) is 16.5 Å². The van der Waals surface area contributed by atoms with E-state index in [-0.39, 0.29) is 36.8 Å². The summed E-state index contributed by atoms with van der Waals surface area (Å²) in [6.45, 7) is 10.9. The summed E-state index contributed by atoms with van der Waals surface area (Å²) in [5, 5.41) is 14.5. The van der Waals surface area contributed by atoms with Crippen molar-refractivity contribution in [3.8, 4) is 0 Å². The van der Waals surface area contributed by atoms with Crippen LogP contribution in [0.3, 0.4) is 0 Å². The van der Waals surface area contributed by atoms with Crippen LogP contribution in [0.1, 0.15) is 40.5 Å². The topological polar surface area (TPSA) is 85.2 Å². The van der Waals surface area contributed by atoms with E-state index in [4.69, 9.17) is 9.57 Å². The zero-order valence-corrected chi connectivity index (χ0v) is 14.2. The number of hydrogen-bond acceptors (Lipinski definition) is 6. The second kappa shape index (κ2) is 7.94. The smallest absolute Gasteiger partial charge is 0.317 e. The van der Waals surface area contributed by atoms with E-state index in [1.165, 1.54) is 6.08 Å². The van der Waals surface area contributed by atoms with Crippen LogP contribution in [0.5, 0.6) is 0 Å². The van der Waals surface area contributed by atoms with Crippen LogP contribution in [0.15, 0.2) is 29.1 Å². The van der Waals surface area contributed by atoms with E-state index in [1.807, 2.05) is 0 Å². The van der Waals surface area contributed by atoms with Gasteiger partial charge in [-0.05, 0) is 18.8 Å². The monoisotopic (exact) mass is 323 g/mol. The number of esters is 1. The van der Waals surface area contributed by atoms with Gasteiger partial charge in [0.25, 0.3) is 0 Å². The Labute approximate surface area is 136 Å². The van der Waals surface area contributed by atoms with Crippen molar-refractivity contribution in [3.05, 3.63) is 24.0 Å². The minimum absolute atomic E-state index is 0.0638. The number of rotatable bonds is 7. The molecule has 0 bridgehead atoms. The van der Waals surface area contributed by atoms with Gasteiger partial charge < -0.3 is 14.7 Å². The maximum Gasteiger partial charge on any atom is 0.317 e. The van der Waals surface area contributed by atoms with Gasteiger partial charge >= 0.3 is 5.97 Å². The fourth-order valence-electron chi connectivity index (χ4n) is 2.68. The van der Waals surface area contributed by atoms with Gasteiger partial charge in [-0.15, -0.1) is 0 Å². The lowest BCUT2D eigenvalue weighted by molar-refractivity contribution is -0.152. The van der Waals surface area contributed by atoms with Crippen molar-refractivity contribution in [1.29, 1.82) is 0 Å². The first-order valence-corrected chi connectivity index (χ1v) is 7.73. The molecule has 0 heterocycles. The average molecular weight is 323 g/mol. The Morgan fingerprint density at radius 2 is 2.13 bits per heavy atom. The molecule has 0 aromatic carbocycles. The highest BCUT2D eigenvalue weighted by Gasteiger charge is 2.47. The van der Waals surface area contributed by atoms with Gasteiger partial charge in [0, 0.05) is 6.42 Å². The van der Waals surface area contributed by atoms with Gasteiger partial charge in [0.15, 0.2) is 5.78 Å². The van der Waals surface area contributed by atoms with Crippen molar-refractivity contribution in [2.75, 3.05) is 13.2 Å². The summed E-state index contributed by atoms with van der Waals surface area (Å²) < 4.78 is 5.05. The maximum atomic E-state index is 12.5. The molecule has 0 amide bonds. The molecule has 0 aromatic rings. The molecule has 0 spiro atoms. The number of carbonyl (C=O) groups excluding carboxylic acids is 2. The number of nitrogens with zero attached hydrogens (tertiary/aromatic N) is 1. The first-order valence-electron chi connectivity index (χ1n) is 7.73. The molecule has 1 unspecified atom stereocenters. The van der Waals surface area contributed by atoms with Crippen LogP contribution in [0.4, 0.5) is 0 Å². The van der Waals surface area contributed by atoms with Gasteiger partial charge in [0.05, 0.1) is 17.9 Å². The van der Waals surface area contributed by atoms with E-state index in [2.05, 4.69) is 11.7 Å². The van der Waals surface area contributed by atoms with Crippen molar-refractivity contribution in [2.45, 2.75) is 40.5 Å². The molecule has 0 aromatic heterocycles. The Balaban J connectivity index is 3.33. The molecule has 6 nitrogen and oxygen atoms in total. The molecule has 128 valence electrons. The van der Waals surface area contributed by atoms with Crippen molar-refractivity contribution < 1.29 is 24.3 Å². The zero-order chi connectivity index (χ0) is 17.6. The summed E-state index contributed by atoms with van der Waals surface area (Å²) in [5.74, 6) is -1.97. The summed E-state index contributed by atoms with van der Waals surface area (Å²) in [5.41, 5.74) is -0.342. The fraction of sp³-hybridized carbons (Fsp3) is 0.588. The van der Waals surface area contributed by atoms with Crippen molar-refractivity contribution >= 4 is 17.5 Å². The summed E-state index contributed by atoms with van der Waals surface area (Å²) in [6.07, 6.45) is 2.03. The highest BCUT2D eigenvalue weighted by molar-refractivity contribution is 6.23. The van der Waals surface area contributed by atoms with Crippen LogP contribution >= 0.6 is 0 Å². The quantitative estimate of drug-likeness (QED) is 0.256. The third-order valence-electron chi connectivity index (χ3n) is 3.72. The molecule has 23 heavy (non-hydrogen) atoms. The lowest BCUT2D eigenvalue weighted by atomic mass is 9.67. The summed E-state index contributed by atoms with van der Waals surface area (Å²) in [7, 11) is 0. The van der Waals surface area contributed by atoms with Crippen molar-refractivity contribution in [3.63, 3.8) is 0 Å². The van der Waals surface area contributed by atoms with Crippen LogP contribution in [0.2, 0.25) is 0 Å². The average Bonchev–Trinajstić information content (AvgIpc) is 2.44. The number of aliphatic hydroxyl groups is 1. The van der Waals surface area contributed by atoms with Gasteiger partial charge in [0.2, 0.25) is 0 Å². The number of allylic oxidation sites excluding steroid dienone is 1. The molecule has 1 rings (SSSR count). The van der Waals surface area contributed by atoms with Crippen LogP contribution < -0.4 is 0 Å². The fourth-order valence-corrected chi connectivity index (χ4v) is 2.68. The van der Waals surface area contributed by atoms with E-state index >= 15 is 0 Å². The molecule has 0 saturated heterocycles. The third-order valence-corrected chi connectivity index (χ3v) is 3.72. The summed E-state index contributed by atoms with van der Waals surface area (Å²) >= 11 is 0. The van der Waals surface area contributed by atoms with Gasteiger partial charge in [-0.2, -0.15) is 0 Å². The third kappa shape index (κ3) is 4.21. The number of oxime groups is 1. The molecule has 6 heteroatoms. The van der Waals surface area contributed by atoms with E-state index in [0.717, 1.165) is 0 Å². The predicted molar refractivity (Wildman–Crippen MR) is 87.1 cm³/mol. The number of ketones is 1. The van der Waals surface area contributed by atoms with E-state index in [1.54, 1.807) is 27.7 Å². The van der Waals surface area contributed by atoms with Crippen LogP contribution in [0, 0.1) is 11.3 Å². The number of carbonyl (C=O) groups is 2. The second-order valence-electron chi connectivity index (χ2n) is 6.01. The highest BCUT2D eigenvalue weighted by atomic mass is 16.6. The normalized spacial score (nSPS) is 21.1. The molecular formula is C17H25NO5. The zero-order valence-electron chi connectivity index (χ0n) is 14.2. The molecular weight excluding hydrogens is 298 g/mol. The van der Waals surface area contributed by atoms with Gasteiger partial charge in [-0.3, -0.25) is 9.59 Å². The Bertz CT molecular complexity index is 545. The van der Waals surface area contributed by atoms with E-state index in [0.29, 0.717) is 12.1 Å². The lowest BCUT2D eigenvalue weighted by Gasteiger charge is -2.36. The minimum atomic E-state index is -0.897. The predicted octanol–water partition coefficient (Wildman–Crippen LogP) is 2.95. The van der Waals surface area contributed by atoms with Crippen LogP contribution in [-0.2, 0) is 19.2 Å². The molecule has 1 atom stereocenters. The largest absolute Gasteiger partial charge is 0.511 e. The summed E-state index contributed by atoms with van der Waals surface area (Å²) in [6, 6.07) is 0. The van der Waals surface area contributed by atoms with Gasteiger partial charge in [0.1, 0.15) is 18.3 Å². The van der Waals surface area contributed by atoms with E-state index in [9.17, 15) is 14.7 Å². The van der Waals surface area contributed by atoms with E-state index < -0.39 is 17.3 Å². The van der Waals surface area contributed by atoms with Crippen LogP contribution in [-0.4, -0.2) is 35.8 Å². The lowest BCUT2D eigenvalue weighted by Crippen LogP contribution is -2.42. The molecule has 0 aliphatic heterocycles. The molecule has 0 radical (unpaired) electrons. The SMILES string of the molecule is C=CCON=C(CC)C1=C(O)C(C(=O)OCC)C(C)(C)CC1=O. The summed E-state index contributed by atoms with van der Waals surface area (Å²) in [4.78, 5) is 29.7. The van der Waals surface area contributed by atoms with Gasteiger partial charge in [-0.1, -0.05) is 38.6 Å². The second-order valence-corrected chi connectivity index (χ2v) is 6.01. The highest BCUT2D eigenvalue weighted by Crippen LogP contribution is 2.42. The van der Waals surface area contributed by atoms with Crippen molar-refractivity contribution in [1.82, 2.24) is 0 Å². The Morgan fingerprint density at radius 1 is 1.48 bits per heavy atom. The minimum Gasteiger partial charge on any atom is -0.511 e. The Kier molecular flexibility index (Phi) is 6.54. The first kappa shape index (κ1) is 18.9. The number of aliphatic hydroxyl groups excluding tert-OH is 1. The molecule has 1 aliphatic rings. The standard InChI is InChI=1S/C17H25NO5/c1-6-9-23-18-11(7-2)13-12(19)10-17(4,5)14(15(13)20)16(21)22-8-3/h6,14,20H,1,7-10H2,2-5H3. The number of hydrogen-bond donors (Lipinski definition) is 1. The molecule has 0 fully saturated rings. The molecule has 0 saturated carbocycles. The Morgan fingerprint density at radius 3 is 2.65 bits per heavy atom. The maximum absolute atomic E-state index is 12.5. The molecule has 1 aliphatic carbocycles. The Hall–Kier alpha value is -2.11. The first-order chi connectivity index (χ1) is 10.8. The van der Waals surface area contributed by atoms with Crippen LogP contribution in [0.25, 0.3) is 0 Å².